The summed E-state index contributed by atoms with van der Waals surface area (Å²) in [6.07, 6.45) is 4.81. The Morgan fingerprint density at radius 3 is 2.64 bits per heavy atom. The Morgan fingerprint density at radius 1 is 1.26 bits per heavy atom. The van der Waals surface area contributed by atoms with Crippen molar-refractivity contribution >= 4 is 58.3 Å². The molecular formula is C27H38ClN8O9PS. The number of carbonyl (C=O) groups excluding carboxylic acids is 1. The second-order valence-electron chi connectivity index (χ2n) is 11.8. The number of imidazole rings is 1. The number of nitrogens with zero attached hydrogens (tertiary/aromatic N) is 4. The van der Waals surface area contributed by atoms with E-state index in [0.717, 1.165) is 38.4 Å². The smallest absolute Gasteiger partial charge is 0.459 e. The minimum atomic E-state index is -4.24. The molecule has 2 aliphatic rings. The van der Waals surface area contributed by atoms with Gasteiger partial charge in [0, 0.05) is 11.4 Å². The molecule has 1 saturated carbocycles. The monoisotopic (exact) mass is 716 g/mol. The van der Waals surface area contributed by atoms with Gasteiger partial charge >= 0.3 is 13.7 Å². The first-order valence-electron chi connectivity index (χ1n) is 14.9. The number of carbonyl (C=O) groups is 1. The van der Waals surface area contributed by atoms with E-state index in [1.54, 1.807) is 12.1 Å². The van der Waals surface area contributed by atoms with Gasteiger partial charge in [-0.1, -0.05) is 18.0 Å². The highest BCUT2D eigenvalue weighted by Gasteiger charge is 2.47. The van der Waals surface area contributed by atoms with Gasteiger partial charge in [0.2, 0.25) is 16.0 Å². The van der Waals surface area contributed by atoms with E-state index in [2.05, 4.69) is 30.3 Å². The van der Waals surface area contributed by atoms with Crippen LogP contribution in [0.25, 0.3) is 11.2 Å². The van der Waals surface area contributed by atoms with Gasteiger partial charge in [-0.2, -0.15) is 15.1 Å². The molecule has 6 N–H and O–H groups in total. The first kappa shape index (κ1) is 35.2. The van der Waals surface area contributed by atoms with Crippen molar-refractivity contribution in [2.45, 2.75) is 82.5 Å². The van der Waals surface area contributed by atoms with Gasteiger partial charge < -0.3 is 24.8 Å². The van der Waals surface area contributed by atoms with E-state index in [-0.39, 0.29) is 47.8 Å². The number of halogens is 1. The Hall–Kier alpha value is -3.09. The van der Waals surface area contributed by atoms with Gasteiger partial charge in [0.25, 0.3) is 0 Å². The molecule has 2 fully saturated rings. The number of rotatable bonds is 13. The third kappa shape index (κ3) is 9.08. The average molecular weight is 717 g/mol. The molecule has 2 aromatic heterocycles. The lowest BCUT2D eigenvalue weighted by Gasteiger charge is -2.26. The van der Waals surface area contributed by atoms with Crippen molar-refractivity contribution in [1.82, 2.24) is 29.4 Å². The Kier molecular flexibility index (Phi) is 10.6. The molecule has 47 heavy (non-hydrogen) atoms. The molecule has 20 heteroatoms. The molecule has 5 rings (SSSR count). The molecule has 0 radical (unpaired) electrons. The lowest BCUT2D eigenvalue weighted by molar-refractivity contribution is -0.152. The zero-order valence-electron chi connectivity index (χ0n) is 26.0. The van der Waals surface area contributed by atoms with Crippen LogP contribution in [0.1, 0.15) is 58.6 Å². The van der Waals surface area contributed by atoms with E-state index in [1.165, 1.54) is 36.9 Å². The number of sulfonamides is 1. The van der Waals surface area contributed by atoms with Gasteiger partial charge in [-0.3, -0.25) is 19.3 Å². The first-order chi connectivity index (χ1) is 22.1. The number of esters is 1. The number of hydrogen-bond donors (Lipinski definition) is 5. The largest absolute Gasteiger partial charge is 0.461 e. The van der Waals surface area contributed by atoms with Gasteiger partial charge in [-0.15, -0.1) is 4.83 Å². The van der Waals surface area contributed by atoms with E-state index < -0.39 is 47.7 Å². The molecule has 1 aliphatic heterocycles. The number of ether oxygens (including phenoxy) is 2. The summed E-state index contributed by atoms with van der Waals surface area (Å²) in [5.41, 5.74) is 7.10. The molecule has 1 aromatic carbocycles. The van der Waals surface area contributed by atoms with Crippen LogP contribution in [0.15, 0.2) is 30.6 Å². The highest BCUT2D eigenvalue weighted by Crippen LogP contribution is 2.47. The average Bonchev–Trinajstić information content (AvgIpc) is 3.55. The summed E-state index contributed by atoms with van der Waals surface area (Å²) in [4.78, 5) is 27.5. The number of nitrogen functional groups attached to an aromatic ring is 1. The molecule has 0 amide bonds. The fourth-order valence-corrected chi connectivity index (χ4v) is 7.31. The second kappa shape index (κ2) is 14.2. The van der Waals surface area contributed by atoms with Crippen LogP contribution in [0, 0.1) is 0 Å². The number of aliphatic hydroxyl groups is 1. The van der Waals surface area contributed by atoms with Crippen LogP contribution in [0.3, 0.4) is 0 Å². The maximum atomic E-state index is 14.1. The van der Waals surface area contributed by atoms with E-state index in [0.29, 0.717) is 5.02 Å². The van der Waals surface area contributed by atoms with E-state index in [1.807, 2.05) is 0 Å². The second-order valence-corrected chi connectivity index (χ2v) is 15.7. The van der Waals surface area contributed by atoms with Crippen molar-refractivity contribution in [1.29, 1.82) is 0 Å². The summed E-state index contributed by atoms with van der Waals surface area (Å²) in [5, 5.41) is 14.5. The lowest BCUT2D eigenvalue weighted by Crippen LogP contribution is -2.38. The fraction of sp³-hybridized carbons (Fsp3) is 0.556. The normalized spacial score (nSPS) is 24.1. The zero-order chi connectivity index (χ0) is 34.0. The van der Waals surface area contributed by atoms with Gasteiger partial charge in [0.05, 0.1) is 25.3 Å². The third-order valence-corrected chi connectivity index (χ3v) is 9.92. The molecule has 3 heterocycles. The van der Waals surface area contributed by atoms with Crippen LogP contribution in [0.5, 0.6) is 5.75 Å². The van der Waals surface area contributed by atoms with Gasteiger partial charge in [0.1, 0.15) is 23.5 Å². The maximum Gasteiger partial charge on any atom is 0.459 e. The van der Waals surface area contributed by atoms with E-state index in [9.17, 15) is 22.9 Å². The molecule has 5 atom stereocenters. The molecular weight excluding hydrogens is 679 g/mol. The predicted octanol–water partition coefficient (Wildman–Crippen LogP) is 3.03. The van der Waals surface area contributed by atoms with Crippen molar-refractivity contribution in [3.05, 3.63) is 35.6 Å². The molecule has 1 saturated heterocycles. The number of hydrazine groups is 1. The molecule has 258 valence electrons. The van der Waals surface area contributed by atoms with Crippen LogP contribution in [0.2, 0.25) is 5.02 Å². The molecule has 0 spiro atoms. The van der Waals surface area contributed by atoms with Crippen molar-refractivity contribution in [3.63, 3.8) is 0 Å². The van der Waals surface area contributed by atoms with Crippen LogP contribution < -0.4 is 25.6 Å². The first-order valence-corrected chi connectivity index (χ1v) is 18.7. The van der Waals surface area contributed by atoms with Crippen molar-refractivity contribution < 1.29 is 41.4 Å². The van der Waals surface area contributed by atoms with Crippen molar-refractivity contribution in [2.75, 3.05) is 24.0 Å². The Labute approximate surface area is 276 Å². The Bertz CT molecular complexity index is 1740. The summed E-state index contributed by atoms with van der Waals surface area (Å²) in [5.74, 6) is -0.629. The number of hydrogen-bond acceptors (Lipinski definition) is 14. The standard InChI is InChI=1S/C27H38ClN8O9PS/c1-16(24(37)43-18-7-5-4-6-8-18)34-46(39,45-19-11-9-17(28)10-12-19)42-14-20-13-27(2,38)25(44-20)36-15-30-21-22(33-35-47(3,40)41)31-26(29)32-23(21)36/h9-12,15-16,18,20,25,35,38H,4-8,13-14H2,1-3H3,(H,34,39)(H3,29,31,32,33)/t16?,20?,25?,27-,46?/m1/s1. The Balaban J connectivity index is 1.31. The summed E-state index contributed by atoms with van der Waals surface area (Å²) in [6.45, 7) is 2.72. The highest BCUT2D eigenvalue weighted by molar-refractivity contribution is 7.88. The van der Waals surface area contributed by atoms with Crippen molar-refractivity contribution in [2.24, 2.45) is 0 Å². The van der Waals surface area contributed by atoms with Crippen LogP contribution in [-0.2, 0) is 33.4 Å². The summed E-state index contributed by atoms with van der Waals surface area (Å²) < 4.78 is 62.0. The number of nitrogens with one attached hydrogen (secondary N) is 3. The molecule has 4 unspecified atom stereocenters. The number of anilines is 2. The maximum absolute atomic E-state index is 14.1. The number of benzene rings is 1. The van der Waals surface area contributed by atoms with Gasteiger partial charge in [0.15, 0.2) is 23.2 Å². The summed E-state index contributed by atoms with van der Waals surface area (Å²) in [7, 11) is -7.89. The predicted molar refractivity (Wildman–Crippen MR) is 172 cm³/mol. The Morgan fingerprint density at radius 2 is 1.96 bits per heavy atom. The number of fused-ring (bicyclic) bond motifs is 1. The molecule has 17 nitrogen and oxygen atoms in total. The quantitative estimate of drug-likeness (QED) is 0.0972. The van der Waals surface area contributed by atoms with Gasteiger partial charge in [-0.05, 0) is 63.8 Å². The third-order valence-electron chi connectivity index (χ3n) is 7.55. The highest BCUT2D eigenvalue weighted by atomic mass is 35.5. The molecule has 3 aromatic rings. The van der Waals surface area contributed by atoms with Crippen LogP contribution in [-0.4, -0.2) is 75.7 Å². The SMILES string of the molecule is CC(NP(=O)(OCC1C[C@@](C)(O)C(n2cnc3c(NNS(C)(=O)=O)nc(N)nc32)O1)Oc1ccc(Cl)cc1)C(=O)OC1CCCCC1. The topological polar surface area (TPSA) is 231 Å². The molecule has 1 aliphatic carbocycles. The number of nitrogens with two attached hydrogens (primary N) is 1. The van der Waals surface area contributed by atoms with E-state index in [4.69, 9.17) is 35.9 Å². The lowest BCUT2D eigenvalue weighted by atomic mass is 9.98. The minimum Gasteiger partial charge on any atom is -0.461 e. The number of aromatic nitrogens is 4. The zero-order valence-corrected chi connectivity index (χ0v) is 28.4. The van der Waals surface area contributed by atoms with E-state index >= 15 is 0 Å². The molecule has 0 bridgehead atoms. The fourth-order valence-electron chi connectivity index (χ4n) is 5.38. The summed E-state index contributed by atoms with van der Waals surface area (Å²) >= 11 is 5.99. The van der Waals surface area contributed by atoms with Crippen LogP contribution >= 0.6 is 19.3 Å². The summed E-state index contributed by atoms with van der Waals surface area (Å²) in [6, 6.07) is 5.06. The van der Waals surface area contributed by atoms with Crippen LogP contribution in [0.4, 0.5) is 11.8 Å². The van der Waals surface area contributed by atoms with Crippen molar-refractivity contribution in [3.8, 4) is 5.75 Å². The minimum absolute atomic E-state index is 0.0170. The van der Waals surface area contributed by atoms with Gasteiger partial charge in [-0.25, -0.2) is 18.0 Å².